The van der Waals surface area contributed by atoms with Gasteiger partial charge in [-0.15, -0.1) is 0 Å². The summed E-state index contributed by atoms with van der Waals surface area (Å²) in [5.74, 6) is 3.34. The van der Waals surface area contributed by atoms with Crippen molar-refractivity contribution in [3.05, 3.63) is 114 Å². The van der Waals surface area contributed by atoms with E-state index in [0.29, 0.717) is 28.8 Å². The minimum atomic E-state index is -3.90. The van der Waals surface area contributed by atoms with Gasteiger partial charge in [-0.05, 0) is 71.8 Å². The number of fused-ring (bicyclic) bond motifs is 1. The molecule has 0 unspecified atom stereocenters. The predicted octanol–water partition coefficient (Wildman–Crippen LogP) is 8.90. The molecule has 1 heterocycles. The Hall–Kier alpha value is -3.73. The van der Waals surface area contributed by atoms with Crippen LogP contribution < -0.4 is 0 Å². The van der Waals surface area contributed by atoms with Gasteiger partial charge in [-0.25, -0.2) is 12.7 Å². The van der Waals surface area contributed by atoms with Crippen LogP contribution in [0.15, 0.2) is 102 Å². The van der Waals surface area contributed by atoms with Crippen molar-refractivity contribution in [1.29, 1.82) is 0 Å². The molecule has 0 fully saturated rings. The maximum absolute atomic E-state index is 14.0. The maximum atomic E-state index is 14.0. The van der Waals surface area contributed by atoms with E-state index >= 15 is 0 Å². The minimum absolute atomic E-state index is 0.191. The number of aromatic nitrogens is 1. The third kappa shape index (κ3) is 7.14. The Kier molecular flexibility index (Phi) is 10.5. The van der Waals surface area contributed by atoms with Crippen LogP contribution in [0.25, 0.3) is 10.9 Å². The number of benzene rings is 3. The average Bonchev–Trinajstić information content (AvgIpc) is 3.33. The summed E-state index contributed by atoms with van der Waals surface area (Å²) in [5.41, 5.74) is 5.43. The first-order valence-electron chi connectivity index (χ1n) is 15.5. The number of hydrogen-bond donors (Lipinski definition) is 0. The monoisotopic (exact) mass is 626 g/mol. The lowest BCUT2D eigenvalue weighted by molar-refractivity contribution is 0.392. The molecule has 5 nitrogen and oxygen atoms in total. The fourth-order valence-corrected chi connectivity index (χ4v) is 12.9. The normalized spacial score (nSPS) is 12.0. The summed E-state index contributed by atoms with van der Waals surface area (Å²) in [6, 6.07) is 28.5. The molecule has 0 radical (unpaired) electrons. The molecule has 44 heavy (non-hydrogen) atoms. The molecule has 0 N–H and O–H groups in total. The van der Waals surface area contributed by atoms with Gasteiger partial charge in [0, 0.05) is 36.2 Å². The summed E-state index contributed by atoms with van der Waals surface area (Å²) in [5, 5.41) is 1.11. The van der Waals surface area contributed by atoms with Crippen molar-refractivity contribution in [2.75, 3.05) is 6.54 Å². The van der Waals surface area contributed by atoms with Gasteiger partial charge in [-0.1, -0.05) is 108 Å². The van der Waals surface area contributed by atoms with Crippen molar-refractivity contribution in [1.82, 2.24) is 8.87 Å². The van der Waals surface area contributed by atoms with Crippen LogP contribution in [-0.4, -0.2) is 32.2 Å². The Balaban J connectivity index is 1.68. The van der Waals surface area contributed by atoms with Crippen molar-refractivity contribution in [2.24, 2.45) is 0 Å². The van der Waals surface area contributed by atoms with Gasteiger partial charge < -0.3 is 8.99 Å². The zero-order chi connectivity index (χ0) is 32.1. The van der Waals surface area contributed by atoms with Gasteiger partial charge in [0.05, 0.1) is 4.90 Å². The summed E-state index contributed by atoms with van der Waals surface area (Å²) >= 11 is 0. The van der Waals surface area contributed by atoms with Gasteiger partial charge >= 0.3 is 0 Å². The molecule has 0 aliphatic carbocycles. The van der Waals surface area contributed by atoms with Gasteiger partial charge in [0.15, 0.2) is 5.76 Å². The van der Waals surface area contributed by atoms with E-state index in [-0.39, 0.29) is 11.4 Å². The van der Waals surface area contributed by atoms with Crippen LogP contribution in [0.5, 0.6) is 0 Å². The highest BCUT2D eigenvalue weighted by molar-refractivity contribution is 7.89. The van der Waals surface area contributed by atoms with Gasteiger partial charge in [0.1, 0.15) is 0 Å². The Morgan fingerprint density at radius 2 is 1.48 bits per heavy atom. The first-order chi connectivity index (χ1) is 20.9. The quantitative estimate of drug-likeness (QED) is 0.0683. The molecule has 0 atom stereocenters. The number of allylic oxidation sites excluding steroid dienone is 1. The molecular formula is C37H46N2O3SSi. The van der Waals surface area contributed by atoms with Crippen molar-refractivity contribution < 1.29 is 12.8 Å². The minimum Gasteiger partial charge on any atom is -0.537 e. The number of para-hydroxylation sites is 1. The largest absolute Gasteiger partial charge is 0.537 e. The smallest absolute Gasteiger partial charge is 0.270 e. The molecular weight excluding hydrogens is 581 g/mol. The molecule has 0 spiro atoms. The van der Waals surface area contributed by atoms with E-state index in [1.54, 1.807) is 12.1 Å². The van der Waals surface area contributed by atoms with E-state index < -0.39 is 18.3 Å². The first-order valence-corrected chi connectivity index (χ1v) is 19.0. The summed E-state index contributed by atoms with van der Waals surface area (Å²) in [6.07, 6.45) is 2.63. The maximum Gasteiger partial charge on any atom is 0.270 e. The van der Waals surface area contributed by atoms with E-state index in [4.69, 9.17) is 4.43 Å². The lowest BCUT2D eigenvalue weighted by Gasteiger charge is -2.41. The Morgan fingerprint density at radius 3 is 2.09 bits per heavy atom. The summed E-state index contributed by atoms with van der Waals surface area (Å²) < 4.78 is 38.0. The molecule has 232 valence electrons. The summed E-state index contributed by atoms with van der Waals surface area (Å²) in [7, 11) is -6.19. The van der Waals surface area contributed by atoms with Crippen LogP contribution in [0, 0.1) is 18.9 Å². The molecule has 0 aliphatic rings. The van der Waals surface area contributed by atoms with E-state index in [0.717, 1.165) is 28.6 Å². The van der Waals surface area contributed by atoms with Crippen LogP contribution in [0.1, 0.15) is 58.2 Å². The standard InChI is InChI=1S/C37H46N2O3SSi/c1-28(2)44(29(3)4,30(5)6)42-32(8)22-24-39(43(40,41)35-20-18-31(7)19-21-35)25-23-34-27-38(26-33-14-10-9-11-15-33)37-17-13-12-16-36(34)37/h9-21,27-30H,8,23,25-26H2,1-7H3. The molecule has 0 bridgehead atoms. The van der Waals surface area contributed by atoms with E-state index in [1.165, 1.54) is 9.87 Å². The fourth-order valence-electron chi connectivity index (χ4n) is 6.45. The Morgan fingerprint density at radius 1 is 0.886 bits per heavy atom. The van der Waals surface area contributed by atoms with Gasteiger partial charge in [0.2, 0.25) is 0 Å². The van der Waals surface area contributed by atoms with Crippen molar-refractivity contribution in [3.8, 4) is 12.0 Å². The summed E-state index contributed by atoms with van der Waals surface area (Å²) in [6.45, 7) is 20.2. The number of aryl methyl sites for hydroxylation is 1. The van der Waals surface area contributed by atoms with E-state index in [9.17, 15) is 8.42 Å². The summed E-state index contributed by atoms with van der Waals surface area (Å²) in [4.78, 5) is 0.214. The molecule has 0 amide bonds. The van der Waals surface area contributed by atoms with Crippen LogP contribution in [0.2, 0.25) is 16.6 Å². The fraction of sp³-hybridized carbons (Fsp3) is 0.351. The second-order valence-corrected chi connectivity index (χ2v) is 19.7. The third-order valence-electron chi connectivity index (χ3n) is 8.59. The molecule has 1 aromatic heterocycles. The highest BCUT2D eigenvalue weighted by Crippen LogP contribution is 2.43. The second kappa shape index (κ2) is 13.9. The zero-order valence-corrected chi connectivity index (χ0v) is 29.0. The Labute approximate surface area is 265 Å². The second-order valence-electron chi connectivity index (χ2n) is 12.5. The number of rotatable bonds is 12. The van der Waals surface area contributed by atoms with Crippen LogP contribution in [0.3, 0.4) is 0 Å². The molecule has 3 aromatic carbocycles. The topological polar surface area (TPSA) is 51.5 Å². The van der Waals surface area contributed by atoms with E-state index in [1.807, 2.05) is 49.4 Å². The molecule has 0 aliphatic heterocycles. The SMILES string of the molecule is C=C(C#CN(CCc1cn(Cc2ccccc2)c2ccccc12)S(=O)(=O)c1ccc(C)cc1)O[Si](C(C)C)(C(C)C)C(C)C. The van der Waals surface area contributed by atoms with Crippen LogP contribution in [0.4, 0.5) is 0 Å². The Bertz CT molecular complexity index is 1720. The van der Waals surface area contributed by atoms with Crippen LogP contribution in [-0.2, 0) is 27.4 Å². The molecule has 4 rings (SSSR count). The number of hydrogen-bond acceptors (Lipinski definition) is 3. The van der Waals surface area contributed by atoms with Gasteiger partial charge in [-0.3, -0.25) is 0 Å². The van der Waals surface area contributed by atoms with Gasteiger partial charge in [0.25, 0.3) is 18.3 Å². The lowest BCUT2D eigenvalue weighted by Crippen LogP contribution is -2.47. The van der Waals surface area contributed by atoms with Gasteiger partial charge in [-0.2, -0.15) is 0 Å². The zero-order valence-electron chi connectivity index (χ0n) is 27.2. The molecule has 4 aromatic rings. The molecule has 0 saturated heterocycles. The van der Waals surface area contributed by atoms with E-state index in [2.05, 4.69) is 95.1 Å². The average molecular weight is 627 g/mol. The van der Waals surface area contributed by atoms with Crippen LogP contribution >= 0.6 is 0 Å². The van der Waals surface area contributed by atoms with Crippen molar-refractivity contribution in [2.45, 2.75) is 83.0 Å². The molecule has 7 heteroatoms. The predicted molar refractivity (Wildman–Crippen MR) is 185 cm³/mol. The molecule has 0 saturated carbocycles. The highest BCUT2D eigenvalue weighted by Gasteiger charge is 2.47. The number of sulfonamides is 1. The number of nitrogens with zero attached hydrogens (tertiary/aromatic N) is 2. The third-order valence-corrected chi connectivity index (χ3v) is 16.3. The first kappa shape index (κ1) is 33.2. The highest BCUT2D eigenvalue weighted by atomic mass is 32.2. The van der Waals surface area contributed by atoms with Crippen molar-refractivity contribution >= 4 is 29.2 Å². The lowest BCUT2D eigenvalue weighted by atomic mass is 10.1. The van der Waals surface area contributed by atoms with Crippen molar-refractivity contribution in [3.63, 3.8) is 0 Å².